The predicted octanol–water partition coefficient (Wildman–Crippen LogP) is 6.34. The molecule has 2 atom stereocenters. The maximum atomic E-state index is 6.53. The third kappa shape index (κ3) is 6.32. The maximum absolute atomic E-state index is 6.53. The van der Waals surface area contributed by atoms with Crippen molar-refractivity contribution in [2.24, 2.45) is 11.8 Å². The van der Waals surface area contributed by atoms with Gasteiger partial charge in [0.1, 0.15) is 0 Å². The minimum atomic E-state index is -1.81. The Morgan fingerprint density at radius 3 is 2.22 bits per heavy atom. The van der Waals surface area contributed by atoms with Gasteiger partial charge in [-0.15, -0.1) is 19.1 Å². The van der Waals surface area contributed by atoms with Crippen molar-refractivity contribution < 1.29 is 4.43 Å². The quantitative estimate of drug-likeness (QED) is 0.313. The first-order valence-electron chi connectivity index (χ1n) is 9.12. The molecule has 0 heterocycles. The van der Waals surface area contributed by atoms with Crippen LogP contribution in [0.5, 0.6) is 0 Å². The first-order chi connectivity index (χ1) is 10.7. The molecule has 0 N–H and O–H groups in total. The van der Waals surface area contributed by atoms with E-state index in [1.54, 1.807) is 0 Å². The highest BCUT2D eigenvalue weighted by Gasteiger charge is 2.39. The molecule has 0 spiro atoms. The van der Waals surface area contributed by atoms with E-state index in [0.717, 1.165) is 6.42 Å². The van der Waals surface area contributed by atoms with Crippen LogP contribution in [0.2, 0.25) is 18.1 Å². The topological polar surface area (TPSA) is 9.23 Å². The lowest BCUT2D eigenvalue weighted by Gasteiger charge is -2.40. The molecule has 0 saturated heterocycles. The lowest BCUT2D eigenvalue weighted by atomic mass is 9.89. The fraction of sp³-hybridized carbons (Fsp3) is 0.714. The third-order valence-corrected chi connectivity index (χ3v) is 9.92. The summed E-state index contributed by atoms with van der Waals surface area (Å²) in [5.74, 6) is 7.74. The van der Waals surface area contributed by atoms with Crippen molar-refractivity contribution in [2.45, 2.75) is 83.5 Å². The van der Waals surface area contributed by atoms with Gasteiger partial charge in [0.2, 0.25) is 0 Å². The Hall–Kier alpha value is -0.783. The van der Waals surface area contributed by atoms with Crippen LogP contribution in [0.1, 0.15) is 59.3 Å². The van der Waals surface area contributed by atoms with Crippen molar-refractivity contribution in [1.29, 1.82) is 0 Å². The van der Waals surface area contributed by atoms with Gasteiger partial charge < -0.3 is 4.43 Å². The van der Waals surface area contributed by atoms with Crippen molar-refractivity contribution in [3.05, 3.63) is 25.3 Å². The Kier molecular flexibility index (Phi) is 7.84. The van der Waals surface area contributed by atoms with Crippen LogP contribution in [-0.2, 0) is 4.43 Å². The fourth-order valence-corrected chi connectivity index (χ4v) is 4.03. The average Bonchev–Trinajstić information content (AvgIpc) is 2.49. The molecule has 0 radical (unpaired) electrons. The molecule has 1 rings (SSSR count). The molecule has 1 saturated carbocycles. The molecule has 1 aliphatic carbocycles. The van der Waals surface area contributed by atoms with Gasteiger partial charge in [-0.25, -0.2) is 0 Å². The molecule has 1 nitrogen and oxygen atoms in total. The van der Waals surface area contributed by atoms with Gasteiger partial charge in [-0.1, -0.05) is 58.1 Å². The molecule has 23 heavy (non-hydrogen) atoms. The van der Waals surface area contributed by atoms with Crippen LogP contribution >= 0.6 is 0 Å². The SMILES string of the molecule is C=C[C@@H](CC#CC1CCCCC1)[C@@H](C=C)O[Si](C)(C)C(C)(C)C. The van der Waals surface area contributed by atoms with E-state index in [1.165, 1.54) is 32.1 Å². The summed E-state index contributed by atoms with van der Waals surface area (Å²) in [5, 5.41) is 0.202. The van der Waals surface area contributed by atoms with E-state index in [9.17, 15) is 0 Å². The minimum Gasteiger partial charge on any atom is -0.410 e. The van der Waals surface area contributed by atoms with E-state index in [4.69, 9.17) is 4.43 Å². The molecular formula is C21H36OSi. The van der Waals surface area contributed by atoms with E-state index in [2.05, 4.69) is 58.9 Å². The molecule has 0 unspecified atom stereocenters. The fourth-order valence-electron chi connectivity index (χ4n) is 2.73. The zero-order valence-electron chi connectivity index (χ0n) is 16.0. The zero-order valence-corrected chi connectivity index (χ0v) is 17.0. The van der Waals surface area contributed by atoms with Gasteiger partial charge in [0, 0.05) is 18.3 Å². The van der Waals surface area contributed by atoms with Gasteiger partial charge in [0.05, 0.1) is 6.10 Å². The molecule has 1 aliphatic rings. The second-order valence-corrected chi connectivity index (χ2v) is 13.1. The van der Waals surface area contributed by atoms with Crippen LogP contribution in [0.4, 0.5) is 0 Å². The van der Waals surface area contributed by atoms with Gasteiger partial charge in [0.15, 0.2) is 8.32 Å². The normalized spacial score (nSPS) is 19.3. The largest absolute Gasteiger partial charge is 0.410 e. The molecule has 0 amide bonds. The van der Waals surface area contributed by atoms with Crippen LogP contribution in [0, 0.1) is 23.7 Å². The average molecular weight is 333 g/mol. The highest BCUT2D eigenvalue weighted by atomic mass is 28.4. The molecule has 2 heteroatoms. The first-order valence-corrected chi connectivity index (χ1v) is 12.0. The summed E-state index contributed by atoms with van der Waals surface area (Å²) in [4.78, 5) is 0. The van der Waals surface area contributed by atoms with Gasteiger partial charge in [-0.2, -0.15) is 0 Å². The molecule has 0 aromatic rings. The van der Waals surface area contributed by atoms with Gasteiger partial charge >= 0.3 is 0 Å². The predicted molar refractivity (Wildman–Crippen MR) is 105 cm³/mol. The smallest absolute Gasteiger partial charge is 0.192 e. The van der Waals surface area contributed by atoms with Gasteiger partial charge in [0.25, 0.3) is 0 Å². The number of hydrogen-bond donors (Lipinski definition) is 0. The lowest BCUT2D eigenvalue weighted by Crippen LogP contribution is -2.45. The summed E-state index contributed by atoms with van der Waals surface area (Å²) in [6, 6.07) is 0. The standard InChI is InChI=1S/C21H36OSi/c1-8-19(17-13-16-18-14-11-10-12-15-18)20(9-2)22-23(6,7)21(3,4)5/h8-9,18-20H,1-2,10-12,14-15,17H2,3-7H3/t19-,20+/m0/s1. The summed E-state index contributed by atoms with van der Waals surface area (Å²) < 4.78 is 6.53. The Morgan fingerprint density at radius 2 is 1.74 bits per heavy atom. The second-order valence-electron chi connectivity index (χ2n) is 8.34. The van der Waals surface area contributed by atoms with Crippen molar-refractivity contribution in [2.75, 3.05) is 0 Å². The van der Waals surface area contributed by atoms with Crippen LogP contribution < -0.4 is 0 Å². The van der Waals surface area contributed by atoms with E-state index in [1.807, 2.05) is 12.2 Å². The maximum Gasteiger partial charge on any atom is 0.192 e. The summed E-state index contributed by atoms with van der Waals surface area (Å²) in [6.07, 6.45) is 11.4. The van der Waals surface area contributed by atoms with Gasteiger partial charge in [-0.3, -0.25) is 0 Å². The van der Waals surface area contributed by atoms with Crippen molar-refractivity contribution in [1.82, 2.24) is 0 Å². The van der Waals surface area contributed by atoms with Crippen LogP contribution in [0.25, 0.3) is 0 Å². The van der Waals surface area contributed by atoms with E-state index in [0.29, 0.717) is 5.92 Å². The number of hydrogen-bond acceptors (Lipinski definition) is 1. The summed E-state index contributed by atoms with van der Waals surface area (Å²) in [6.45, 7) is 19.4. The first kappa shape index (κ1) is 20.3. The second kappa shape index (κ2) is 8.90. The Morgan fingerprint density at radius 1 is 1.13 bits per heavy atom. The molecule has 0 aromatic carbocycles. The van der Waals surface area contributed by atoms with Crippen molar-refractivity contribution in [3.8, 4) is 11.8 Å². The third-order valence-electron chi connectivity index (χ3n) is 5.44. The monoisotopic (exact) mass is 332 g/mol. The van der Waals surface area contributed by atoms with Crippen molar-refractivity contribution >= 4 is 8.32 Å². The minimum absolute atomic E-state index is 0.0223. The summed E-state index contributed by atoms with van der Waals surface area (Å²) >= 11 is 0. The van der Waals surface area contributed by atoms with Crippen molar-refractivity contribution in [3.63, 3.8) is 0 Å². The highest BCUT2D eigenvalue weighted by molar-refractivity contribution is 6.74. The molecule has 0 aromatic heterocycles. The van der Waals surface area contributed by atoms with E-state index in [-0.39, 0.29) is 17.1 Å². The Labute approximate surface area is 145 Å². The lowest BCUT2D eigenvalue weighted by molar-refractivity contribution is 0.184. The summed E-state index contributed by atoms with van der Waals surface area (Å²) in [5.41, 5.74) is 0. The summed E-state index contributed by atoms with van der Waals surface area (Å²) in [7, 11) is -1.81. The molecule has 0 aliphatic heterocycles. The molecular weight excluding hydrogens is 296 g/mol. The van der Waals surface area contributed by atoms with Crippen LogP contribution in [0.15, 0.2) is 25.3 Å². The van der Waals surface area contributed by atoms with Gasteiger partial charge in [-0.05, 0) is 31.0 Å². The van der Waals surface area contributed by atoms with Crippen LogP contribution in [-0.4, -0.2) is 14.4 Å². The number of rotatable bonds is 6. The Balaban J connectivity index is 2.68. The van der Waals surface area contributed by atoms with Crippen LogP contribution in [0.3, 0.4) is 0 Å². The highest BCUT2D eigenvalue weighted by Crippen LogP contribution is 2.38. The zero-order chi connectivity index (χ0) is 17.5. The van der Waals surface area contributed by atoms with E-state index < -0.39 is 8.32 Å². The molecule has 1 fully saturated rings. The molecule has 130 valence electrons. The Bertz CT molecular complexity index is 441. The van der Waals surface area contributed by atoms with E-state index >= 15 is 0 Å². The molecule has 0 bridgehead atoms.